The Morgan fingerprint density at radius 2 is 2.13 bits per heavy atom. The fraction of sp³-hybridized carbons (Fsp3) is 0.474. The fourth-order valence-electron chi connectivity index (χ4n) is 4.55. The van der Waals surface area contributed by atoms with E-state index in [2.05, 4.69) is 24.9 Å². The van der Waals surface area contributed by atoms with E-state index in [9.17, 15) is 4.39 Å². The van der Waals surface area contributed by atoms with E-state index in [1.165, 1.54) is 11.6 Å². The van der Waals surface area contributed by atoms with E-state index in [1.54, 1.807) is 7.11 Å². The molecular formula is C19H22FNO2. The maximum atomic E-state index is 14.5. The summed E-state index contributed by atoms with van der Waals surface area (Å²) in [6.07, 6.45) is 4.77. The third-order valence-corrected chi connectivity index (χ3v) is 5.85. The van der Waals surface area contributed by atoms with Crippen LogP contribution in [0.4, 0.5) is 4.39 Å². The third-order valence-electron chi connectivity index (χ3n) is 5.85. The Hall–Kier alpha value is -1.81. The zero-order chi connectivity index (χ0) is 16.4. The van der Waals surface area contributed by atoms with Crippen molar-refractivity contribution in [1.82, 2.24) is 4.90 Å². The number of methoxy groups -OCH3 is 1. The minimum absolute atomic E-state index is 0.269. The zero-order valence-electron chi connectivity index (χ0n) is 14.0. The van der Waals surface area contributed by atoms with E-state index in [1.807, 2.05) is 19.1 Å². The molecule has 1 saturated heterocycles. The molecule has 1 aromatic rings. The Kier molecular flexibility index (Phi) is 3.11. The van der Waals surface area contributed by atoms with E-state index in [-0.39, 0.29) is 23.4 Å². The molecule has 1 aromatic carbocycles. The van der Waals surface area contributed by atoms with Gasteiger partial charge < -0.3 is 9.47 Å². The number of rotatable bonds is 1. The number of nitrogens with zero attached hydrogens (tertiary/aromatic N) is 1. The van der Waals surface area contributed by atoms with Crippen molar-refractivity contribution in [3.8, 4) is 5.75 Å². The van der Waals surface area contributed by atoms with Crippen molar-refractivity contribution in [2.24, 2.45) is 0 Å². The van der Waals surface area contributed by atoms with Crippen molar-refractivity contribution >= 4 is 0 Å². The molecule has 1 spiro atoms. The SMILES string of the molecule is COC1=CC=C2[C@@H](C)N(C)CC[C@@]23c2c(C)ccc(F)c2O[C@@H]13. The first kappa shape index (κ1) is 14.8. The Labute approximate surface area is 136 Å². The highest BCUT2D eigenvalue weighted by molar-refractivity contribution is 5.61. The van der Waals surface area contributed by atoms with Crippen LogP contribution in [0, 0.1) is 12.7 Å². The number of hydrogen-bond donors (Lipinski definition) is 0. The van der Waals surface area contributed by atoms with Crippen LogP contribution in [0.25, 0.3) is 0 Å². The molecule has 122 valence electrons. The summed E-state index contributed by atoms with van der Waals surface area (Å²) in [5.41, 5.74) is 3.08. The molecule has 3 aliphatic rings. The molecule has 4 rings (SSSR count). The van der Waals surface area contributed by atoms with Crippen LogP contribution >= 0.6 is 0 Å². The molecule has 0 bridgehead atoms. The van der Waals surface area contributed by atoms with Gasteiger partial charge in [0.1, 0.15) is 5.76 Å². The van der Waals surface area contributed by atoms with Crippen LogP contribution in [-0.2, 0) is 10.2 Å². The van der Waals surface area contributed by atoms with Crippen LogP contribution in [0.15, 0.2) is 35.6 Å². The van der Waals surface area contributed by atoms with Crippen LogP contribution in [0.2, 0.25) is 0 Å². The van der Waals surface area contributed by atoms with Crippen molar-refractivity contribution < 1.29 is 13.9 Å². The van der Waals surface area contributed by atoms with E-state index < -0.39 is 0 Å². The van der Waals surface area contributed by atoms with Gasteiger partial charge in [-0.05, 0) is 57.1 Å². The average Bonchev–Trinajstić information content (AvgIpc) is 2.90. The van der Waals surface area contributed by atoms with Crippen LogP contribution in [0.5, 0.6) is 5.75 Å². The highest BCUT2D eigenvalue weighted by Gasteiger charge is 2.58. The molecule has 4 heteroatoms. The first-order valence-corrected chi connectivity index (χ1v) is 8.13. The van der Waals surface area contributed by atoms with Gasteiger partial charge in [-0.3, -0.25) is 4.90 Å². The van der Waals surface area contributed by atoms with E-state index in [0.717, 1.165) is 29.9 Å². The number of likely N-dealkylation sites (N-methyl/N-ethyl adjacent to an activating group) is 1. The lowest BCUT2D eigenvalue weighted by Crippen LogP contribution is -2.54. The van der Waals surface area contributed by atoms with Gasteiger partial charge in [0, 0.05) is 11.6 Å². The van der Waals surface area contributed by atoms with Gasteiger partial charge in [0.25, 0.3) is 0 Å². The normalized spacial score (nSPS) is 32.2. The maximum Gasteiger partial charge on any atom is 0.169 e. The smallest absolute Gasteiger partial charge is 0.169 e. The van der Waals surface area contributed by atoms with Crippen molar-refractivity contribution in [3.63, 3.8) is 0 Å². The molecule has 1 aliphatic carbocycles. The maximum absolute atomic E-state index is 14.5. The average molecular weight is 315 g/mol. The molecule has 0 unspecified atom stereocenters. The zero-order valence-corrected chi connectivity index (χ0v) is 14.0. The molecule has 0 amide bonds. The number of ether oxygens (including phenoxy) is 2. The van der Waals surface area contributed by atoms with E-state index >= 15 is 0 Å². The summed E-state index contributed by atoms with van der Waals surface area (Å²) < 4.78 is 26.2. The van der Waals surface area contributed by atoms with Gasteiger partial charge in [0.2, 0.25) is 0 Å². The van der Waals surface area contributed by atoms with Crippen molar-refractivity contribution in [2.45, 2.75) is 37.8 Å². The summed E-state index contributed by atoms with van der Waals surface area (Å²) in [5.74, 6) is 0.902. The lowest BCUT2D eigenvalue weighted by molar-refractivity contribution is 0.0803. The Balaban J connectivity index is 2.01. The molecule has 0 aromatic heterocycles. The summed E-state index contributed by atoms with van der Waals surface area (Å²) in [6.45, 7) is 5.21. The molecule has 2 aliphatic heterocycles. The van der Waals surface area contributed by atoms with Gasteiger partial charge in [-0.2, -0.15) is 0 Å². The van der Waals surface area contributed by atoms with Crippen molar-refractivity contribution in [3.05, 3.63) is 52.6 Å². The van der Waals surface area contributed by atoms with Crippen molar-refractivity contribution in [2.75, 3.05) is 20.7 Å². The van der Waals surface area contributed by atoms with Gasteiger partial charge in [-0.25, -0.2) is 4.39 Å². The number of benzene rings is 1. The first-order chi connectivity index (χ1) is 11.0. The number of halogens is 1. The number of aryl methyl sites for hydroxylation is 1. The summed E-state index contributed by atoms with van der Waals surface area (Å²) in [5, 5.41) is 0. The molecule has 0 radical (unpaired) electrons. The Morgan fingerprint density at radius 3 is 2.87 bits per heavy atom. The standard InChI is InChI=1S/C19H22FNO2/c1-11-5-7-14(20)17-16(11)19-9-10-21(3)12(2)13(19)6-8-15(22-4)18(19)23-17/h5-8,12,18H,9-10H2,1-4H3/t12-,18+,19+/m1/s1. The summed E-state index contributed by atoms with van der Waals surface area (Å²) >= 11 is 0. The second kappa shape index (κ2) is 4.84. The highest BCUT2D eigenvalue weighted by atomic mass is 19.1. The number of fused-ring (bicyclic) bond motifs is 1. The van der Waals surface area contributed by atoms with Crippen molar-refractivity contribution in [1.29, 1.82) is 0 Å². The van der Waals surface area contributed by atoms with Crippen LogP contribution in [0.1, 0.15) is 24.5 Å². The second-order valence-electron chi connectivity index (χ2n) is 6.84. The molecule has 0 saturated carbocycles. The minimum atomic E-state index is -0.312. The quantitative estimate of drug-likeness (QED) is 0.793. The molecular weight excluding hydrogens is 293 g/mol. The van der Waals surface area contributed by atoms with Gasteiger partial charge in [-0.1, -0.05) is 12.1 Å². The van der Waals surface area contributed by atoms with E-state index in [0.29, 0.717) is 5.75 Å². The highest BCUT2D eigenvalue weighted by Crippen LogP contribution is 2.57. The topological polar surface area (TPSA) is 21.7 Å². The second-order valence-corrected chi connectivity index (χ2v) is 6.84. The summed E-state index contributed by atoms with van der Waals surface area (Å²) in [4.78, 5) is 2.34. The monoisotopic (exact) mass is 315 g/mol. The molecule has 2 heterocycles. The first-order valence-electron chi connectivity index (χ1n) is 8.13. The van der Waals surface area contributed by atoms with Crippen LogP contribution in [0.3, 0.4) is 0 Å². The minimum Gasteiger partial charge on any atom is -0.497 e. The molecule has 3 nitrogen and oxygen atoms in total. The lowest BCUT2D eigenvalue weighted by Gasteiger charge is -2.48. The van der Waals surface area contributed by atoms with Gasteiger partial charge in [0.15, 0.2) is 17.7 Å². The van der Waals surface area contributed by atoms with Gasteiger partial charge in [0.05, 0.1) is 12.5 Å². The predicted octanol–water partition coefficient (Wildman–Crippen LogP) is 3.33. The summed E-state index contributed by atoms with van der Waals surface area (Å²) in [7, 11) is 3.80. The number of likely N-dealkylation sites (tertiary alicyclic amines) is 1. The van der Waals surface area contributed by atoms with Crippen LogP contribution < -0.4 is 4.74 Å². The summed E-state index contributed by atoms with van der Waals surface area (Å²) in [6, 6.07) is 3.65. The number of piperidine rings is 1. The Morgan fingerprint density at radius 1 is 1.35 bits per heavy atom. The van der Waals surface area contributed by atoms with Gasteiger partial charge in [-0.15, -0.1) is 0 Å². The largest absolute Gasteiger partial charge is 0.497 e. The van der Waals surface area contributed by atoms with E-state index in [4.69, 9.17) is 9.47 Å². The number of allylic oxidation sites excluding steroid dienone is 2. The predicted molar refractivity (Wildman–Crippen MR) is 87.1 cm³/mol. The Bertz CT molecular complexity index is 739. The lowest BCUT2D eigenvalue weighted by atomic mass is 9.61. The number of hydrogen-bond acceptors (Lipinski definition) is 3. The fourth-order valence-corrected chi connectivity index (χ4v) is 4.55. The molecule has 0 N–H and O–H groups in total. The third kappa shape index (κ3) is 1.73. The van der Waals surface area contributed by atoms with Gasteiger partial charge >= 0.3 is 0 Å². The molecule has 23 heavy (non-hydrogen) atoms. The molecule has 1 fully saturated rings. The molecule has 3 atom stereocenters. The van der Waals surface area contributed by atoms with Crippen LogP contribution in [-0.4, -0.2) is 37.7 Å².